The van der Waals surface area contributed by atoms with Crippen LogP contribution in [0.5, 0.6) is 0 Å². The molecule has 3 N–H and O–H groups in total. The third-order valence-corrected chi connectivity index (χ3v) is 2.97. The van der Waals surface area contributed by atoms with E-state index < -0.39 is 5.97 Å². The number of nitrogens with one attached hydrogen (secondary N) is 2. The summed E-state index contributed by atoms with van der Waals surface area (Å²) < 4.78 is 5.44. The molecule has 88 valence electrons. The molecule has 0 amide bonds. The Morgan fingerprint density at radius 1 is 1.65 bits per heavy atom. The normalized spacial score (nSPS) is 12.8. The van der Waals surface area contributed by atoms with Crippen molar-refractivity contribution >= 4 is 11.7 Å². The largest absolute Gasteiger partial charge is 0.476 e. The predicted octanol–water partition coefficient (Wildman–Crippen LogP) is 1.86. The van der Waals surface area contributed by atoms with Crippen molar-refractivity contribution in [2.24, 2.45) is 0 Å². The second-order valence-corrected chi connectivity index (χ2v) is 3.89. The minimum atomic E-state index is -1.02. The summed E-state index contributed by atoms with van der Waals surface area (Å²) in [5, 5.41) is 18.7. The first kappa shape index (κ1) is 9.95. The quantitative estimate of drug-likeness (QED) is 0.736. The molecule has 0 aliphatic carbocycles. The van der Waals surface area contributed by atoms with E-state index in [0.29, 0.717) is 17.9 Å². The number of carbonyl (C=O) groups is 1. The first-order chi connectivity index (χ1) is 8.22. The second-order valence-electron chi connectivity index (χ2n) is 3.89. The van der Waals surface area contributed by atoms with Crippen LogP contribution in [0.15, 0.2) is 10.7 Å². The van der Waals surface area contributed by atoms with Crippen LogP contribution in [0.4, 0.5) is 5.69 Å². The molecule has 0 spiro atoms. The molecule has 1 aliphatic rings. The molecule has 0 aromatic carbocycles. The van der Waals surface area contributed by atoms with Crippen molar-refractivity contribution in [3.05, 3.63) is 23.3 Å². The Hall–Kier alpha value is -2.24. The van der Waals surface area contributed by atoms with Crippen molar-refractivity contribution in [1.29, 1.82) is 0 Å². The van der Waals surface area contributed by atoms with Crippen LogP contribution in [0.25, 0.3) is 11.3 Å². The summed E-state index contributed by atoms with van der Waals surface area (Å²) in [6.45, 7) is 2.51. The molecule has 2 aromatic rings. The third-order valence-electron chi connectivity index (χ3n) is 2.97. The van der Waals surface area contributed by atoms with Gasteiger partial charge in [-0.25, -0.2) is 4.79 Å². The monoisotopic (exact) mass is 233 g/mol. The number of rotatable bonds is 2. The molecular formula is C11H11N3O3. The van der Waals surface area contributed by atoms with E-state index in [4.69, 9.17) is 9.52 Å². The Morgan fingerprint density at radius 3 is 3.18 bits per heavy atom. The number of hydrogen-bond acceptors (Lipinski definition) is 4. The van der Waals surface area contributed by atoms with Gasteiger partial charge >= 0.3 is 5.97 Å². The van der Waals surface area contributed by atoms with Gasteiger partial charge in [-0.15, -0.1) is 0 Å². The van der Waals surface area contributed by atoms with E-state index in [1.54, 1.807) is 6.26 Å². The zero-order valence-corrected chi connectivity index (χ0v) is 9.20. The van der Waals surface area contributed by atoms with E-state index in [-0.39, 0.29) is 5.69 Å². The molecule has 17 heavy (non-hydrogen) atoms. The molecule has 0 saturated heterocycles. The first-order valence-electron chi connectivity index (χ1n) is 5.37. The maximum Gasteiger partial charge on any atom is 0.356 e. The number of aromatic amines is 1. The summed E-state index contributed by atoms with van der Waals surface area (Å²) in [5.74, 6) is -0.214. The van der Waals surface area contributed by atoms with E-state index in [2.05, 4.69) is 15.5 Å². The van der Waals surface area contributed by atoms with Crippen LogP contribution in [-0.4, -0.2) is 21.3 Å². The molecule has 3 heterocycles. The van der Waals surface area contributed by atoms with E-state index in [1.807, 2.05) is 6.92 Å². The topological polar surface area (TPSA) is 91.2 Å². The molecule has 0 unspecified atom stereocenters. The van der Waals surface area contributed by atoms with Crippen molar-refractivity contribution < 1.29 is 14.3 Å². The van der Waals surface area contributed by atoms with Crippen molar-refractivity contribution in [1.82, 2.24) is 10.2 Å². The highest BCUT2D eigenvalue weighted by Crippen LogP contribution is 2.39. The summed E-state index contributed by atoms with van der Waals surface area (Å²) in [6.07, 6.45) is 2.53. The summed E-state index contributed by atoms with van der Waals surface area (Å²) in [5.41, 5.74) is 3.24. The molecule has 0 bridgehead atoms. The smallest absolute Gasteiger partial charge is 0.356 e. The van der Waals surface area contributed by atoms with E-state index in [9.17, 15) is 4.79 Å². The van der Waals surface area contributed by atoms with Crippen molar-refractivity contribution in [2.45, 2.75) is 19.9 Å². The van der Waals surface area contributed by atoms with Gasteiger partial charge in [0.05, 0.1) is 24.1 Å². The van der Waals surface area contributed by atoms with Gasteiger partial charge in [-0.3, -0.25) is 5.10 Å². The average Bonchev–Trinajstić information content (AvgIpc) is 2.91. The fraction of sp³-hybridized carbons (Fsp3) is 0.273. The zero-order valence-electron chi connectivity index (χ0n) is 9.20. The lowest BCUT2D eigenvalue weighted by molar-refractivity contribution is 0.0691. The molecule has 6 heteroatoms. The van der Waals surface area contributed by atoms with Crippen LogP contribution < -0.4 is 5.32 Å². The Morgan fingerprint density at radius 2 is 2.47 bits per heavy atom. The summed E-state index contributed by atoms with van der Waals surface area (Å²) in [6, 6.07) is 0. The number of nitrogens with zero attached hydrogens (tertiary/aromatic N) is 1. The lowest BCUT2D eigenvalue weighted by Gasteiger charge is -2.13. The third kappa shape index (κ3) is 1.27. The predicted molar refractivity (Wildman–Crippen MR) is 60.0 cm³/mol. The van der Waals surface area contributed by atoms with Gasteiger partial charge in [-0.1, -0.05) is 6.92 Å². The van der Waals surface area contributed by atoms with Gasteiger partial charge in [-0.05, 0) is 12.0 Å². The number of furan rings is 1. The van der Waals surface area contributed by atoms with Gasteiger partial charge in [0.15, 0.2) is 5.69 Å². The summed E-state index contributed by atoms with van der Waals surface area (Å²) in [7, 11) is 0. The Balaban J connectivity index is 2.23. The summed E-state index contributed by atoms with van der Waals surface area (Å²) in [4.78, 5) is 11.0. The van der Waals surface area contributed by atoms with Crippen LogP contribution >= 0.6 is 0 Å². The molecule has 1 aliphatic heterocycles. The maximum absolute atomic E-state index is 11.0. The molecule has 0 saturated carbocycles. The van der Waals surface area contributed by atoms with Crippen LogP contribution in [0.3, 0.4) is 0 Å². The SMILES string of the molecule is CCc1coc2c1-c1n[nH]c(C(=O)O)c1NC2. The molecule has 2 aromatic heterocycles. The number of carboxylic acids is 1. The zero-order chi connectivity index (χ0) is 12.0. The van der Waals surface area contributed by atoms with Crippen LogP contribution in [0.1, 0.15) is 28.7 Å². The number of anilines is 1. The molecular weight excluding hydrogens is 222 g/mol. The highest BCUT2D eigenvalue weighted by molar-refractivity contribution is 5.98. The van der Waals surface area contributed by atoms with E-state index >= 15 is 0 Å². The minimum absolute atomic E-state index is 0.0916. The average molecular weight is 233 g/mol. The van der Waals surface area contributed by atoms with Gasteiger partial charge in [0, 0.05) is 0 Å². The highest BCUT2D eigenvalue weighted by atomic mass is 16.4. The first-order valence-corrected chi connectivity index (χ1v) is 5.37. The van der Waals surface area contributed by atoms with Crippen LogP contribution in [-0.2, 0) is 13.0 Å². The number of aromatic nitrogens is 2. The molecule has 3 rings (SSSR count). The standard InChI is InChI=1S/C11H11N3O3/c1-2-5-4-17-6-3-12-9-8(7(5)6)13-14-10(9)11(15)16/h4,12H,2-3H2,1H3,(H,13,14)(H,15,16). The van der Waals surface area contributed by atoms with Crippen molar-refractivity contribution in [3.8, 4) is 11.3 Å². The lowest BCUT2D eigenvalue weighted by Crippen LogP contribution is -2.10. The van der Waals surface area contributed by atoms with Gasteiger partial charge in [0.1, 0.15) is 11.5 Å². The summed E-state index contributed by atoms with van der Waals surface area (Å²) >= 11 is 0. The molecule has 0 radical (unpaired) electrons. The number of fused-ring (bicyclic) bond motifs is 3. The Bertz CT molecular complexity index is 584. The molecule has 0 fully saturated rings. The van der Waals surface area contributed by atoms with Crippen LogP contribution in [0, 0.1) is 0 Å². The number of carboxylic acid groups (broad SMARTS) is 1. The molecule has 6 nitrogen and oxygen atoms in total. The number of H-pyrrole nitrogens is 1. The number of aryl methyl sites for hydroxylation is 1. The van der Waals surface area contributed by atoms with Gasteiger partial charge in [-0.2, -0.15) is 5.10 Å². The lowest BCUT2D eigenvalue weighted by atomic mass is 10.0. The van der Waals surface area contributed by atoms with Crippen LogP contribution in [0.2, 0.25) is 0 Å². The van der Waals surface area contributed by atoms with Crippen molar-refractivity contribution in [3.63, 3.8) is 0 Å². The number of hydrogen-bond donors (Lipinski definition) is 3. The number of aromatic carboxylic acids is 1. The Kier molecular flexibility index (Phi) is 1.98. The van der Waals surface area contributed by atoms with Gasteiger partial charge in [0.25, 0.3) is 0 Å². The fourth-order valence-corrected chi connectivity index (χ4v) is 2.13. The highest BCUT2D eigenvalue weighted by Gasteiger charge is 2.28. The second kappa shape index (κ2) is 3.38. The van der Waals surface area contributed by atoms with E-state index in [0.717, 1.165) is 23.3 Å². The molecule has 0 atom stereocenters. The minimum Gasteiger partial charge on any atom is -0.476 e. The van der Waals surface area contributed by atoms with Crippen molar-refractivity contribution in [2.75, 3.05) is 5.32 Å². The Labute approximate surface area is 96.6 Å². The van der Waals surface area contributed by atoms with E-state index in [1.165, 1.54) is 0 Å². The van der Waals surface area contributed by atoms with Gasteiger partial charge in [0.2, 0.25) is 0 Å². The van der Waals surface area contributed by atoms with Gasteiger partial charge < -0.3 is 14.8 Å². The maximum atomic E-state index is 11.0. The fourth-order valence-electron chi connectivity index (χ4n) is 2.13.